The molecular weight excluding hydrogens is 537 g/mol. The molecule has 2 aliphatic carbocycles. The fourth-order valence-corrected chi connectivity index (χ4v) is 8.26. The normalized spacial score (nSPS) is 32.0. The predicted molar refractivity (Wildman–Crippen MR) is 140 cm³/mol. The van der Waals surface area contributed by atoms with E-state index in [0.29, 0.717) is 5.69 Å². The lowest BCUT2D eigenvalue weighted by atomic mass is 9.63. The number of fused-ring (bicyclic) bond motifs is 5. The second-order valence-corrected chi connectivity index (χ2v) is 11.3. The molecule has 0 N–H and O–H groups in total. The van der Waals surface area contributed by atoms with E-state index in [1.54, 1.807) is 12.1 Å². The van der Waals surface area contributed by atoms with E-state index in [2.05, 4.69) is 22.6 Å². The number of nitrogens with zero attached hydrogens (tertiary/aromatic N) is 1. The van der Waals surface area contributed by atoms with Crippen LogP contribution in [-0.4, -0.2) is 21.0 Å². The van der Waals surface area contributed by atoms with Gasteiger partial charge in [0.05, 0.1) is 22.4 Å². The van der Waals surface area contributed by atoms with Crippen molar-refractivity contribution >= 4 is 57.0 Å². The average molecular weight is 559 g/mol. The van der Waals surface area contributed by atoms with Crippen LogP contribution in [0.1, 0.15) is 25.0 Å². The van der Waals surface area contributed by atoms with Crippen LogP contribution in [0.15, 0.2) is 91.0 Å². The van der Waals surface area contributed by atoms with Crippen molar-refractivity contribution in [3.63, 3.8) is 0 Å². The number of benzene rings is 3. The lowest BCUT2D eigenvalue weighted by molar-refractivity contribution is -0.133. The first-order valence-corrected chi connectivity index (χ1v) is 12.4. The Morgan fingerprint density at radius 1 is 0.706 bits per heavy atom. The molecule has 168 valence electrons. The second-order valence-electron chi connectivity index (χ2n) is 9.60. The predicted octanol–water partition coefficient (Wildman–Crippen LogP) is 5.57. The summed E-state index contributed by atoms with van der Waals surface area (Å²) in [5, 5.41) is 0. The maximum absolute atomic E-state index is 14.4. The van der Waals surface area contributed by atoms with Crippen molar-refractivity contribution < 1.29 is 14.4 Å². The van der Waals surface area contributed by atoms with E-state index in [1.165, 1.54) is 4.90 Å². The minimum absolute atomic E-state index is 0.0495. The number of amides is 2. The molecule has 1 aliphatic heterocycles. The van der Waals surface area contributed by atoms with Crippen LogP contribution in [0, 0.1) is 16.7 Å². The molecule has 1 saturated heterocycles. The Bertz CT molecular complexity index is 1400. The Labute approximate surface area is 211 Å². The molecule has 0 spiro atoms. The number of alkyl halides is 1. The molecule has 4 atom stereocenters. The highest BCUT2D eigenvalue weighted by atomic mass is 127. The van der Waals surface area contributed by atoms with E-state index < -0.39 is 20.2 Å². The maximum Gasteiger partial charge on any atom is 0.252 e. The van der Waals surface area contributed by atoms with Crippen molar-refractivity contribution in [3.8, 4) is 0 Å². The van der Waals surface area contributed by atoms with E-state index in [-0.39, 0.29) is 17.6 Å². The van der Waals surface area contributed by atoms with Crippen molar-refractivity contribution in [2.75, 3.05) is 4.90 Å². The highest BCUT2D eigenvalue weighted by Gasteiger charge is 2.85. The summed E-state index contributed by atoms with van der Waals surface area (Å²) < 4.78 is -1.22. The summed E-state index contributed by atoms with van der Waals surface area (Å²) in [5.74, 6) is -1.44. The van der Waals surface area contributed by atoms with E-state index in [0.717, 1.165) is 22.3 Å². The third-order valence-corrected chi connectivity index (χ3v) is 10.2. The Morgan fingerprint density at radius 2 is 1.18 bits per heavy atom. The number of carbonyl (C=O) groups is 3. The molecule has 3 aromatic rings. The van der Waals surface area contributed by atoms with Crippen molar-refractivity contribution in [2.45, 2.75) is 17.3 Å². The van der Waals surface area contributed by atoms with Crippen LogP contribution in [-0.2, 0) is 14.4 Å². The molecule has 4 nitrogen and oxygen atoms in total. The number of rotatable bonds is 3. The van der Waals surface area contributed by atoms with Crippen LogP contribution in [0.4, 0.5) is 5.69 Å². The van der Waals surface area contributed by atoms with Gasteiger partial charge in [0.2, 0.25) is 5.91 Å². The van der Waals surface area contributed by atoms with Crippen LogP contribution in [0.25, 0.3) is 11.1 Å². The zero-order chi connectivity index (χ0) is 23.9. The first-order chi connectivity index (χ1) is 16.3. The molecule has 0 aromatic heterocycles. The van der Waals surface area contributed by atoms with Crippen molar-refractivity contribution in [1.82, 2.24) is 0 Å². The third kappa shape index (κ3) is 2.26. The van der Waals surface area contributed by atoms with Gasteiger partial charge < -0.3 is 0 Å². The largest absolute Gasteiger partial charge is 0.298 e. The van der Waals surface area contributed by atoms with Gasteiger partial charge in [-0.05, 0) is 48.3 Å². The first kappa shape index (κ1) is 21.5. The minimum Gasteiger partial charge on any atom is -0.298 e. The Balaban J connectivity index is 1.68. The third-order valence-electron chi connectivity index (χ3n) is 8.02. The summed E-state index contributed by atoms with van der Waals surface area (Å²) in [5.41, 5.74) is 1.80. The van der Waals surface area contributed by atoms with E-state index in [4.69, 9.17) is 0 Å². The molecule has 2 bridgehead atoms. The van der Waals surface area contributed by atoms with Gasteiger partial charge in [0.15, 0.2) is 5.78 Å². The molecule has 3 aliphatic rings. The highest BCUT2D eigenvalue weighted by molar-refractivity contribution is 14.1. The van der Waals surface area contributed by atoms with Gasteiger partial charge in [0.1, 0.15) is 3.42 Å². The standard InChI is InChI=1S/C29H22INO3/c1-27-21(18-12-6-3-7-13-18)22(19-14-8-4-9-15-19)28(2,25(27)33)29(30)23(27)24(32)31(26(29)34)20-16-10-5-11-17-20/h3-17,23H,1-2H3. The van der Waals surface area contributed by atoms with E-state index >= 15 is 0 Å². The number of Topliss-reactive ketones (excluding diaryl/α,β-unsaturated/α-hetero) is 1. The van der Waals surface area contributed by atoms with Crippen LogP contribution < -0.4 is 4.90 Å². The number of halogens is 1. The number of anilines is 1. The molecule has 5 heteroatoms. The highest BCUT2D eigenvalue weighted by Crippen LogP contribution is 2.77. The number of para-hydroxylation sites is 1. The molecule has 1 heterocycles. The summed E-state index contributed by atoms with van der Waals surface area (Å²) in [6.07, 6.45) is 0. The molecular formula is C29H22INO3. The summed E-state index contributed by atoms with van der Waals surface area (Å²) >= 11 is 2.14. The van der Waals surface area contributed by atoms with Gasteiger partial charge in [-0.25, -0.2) is 4.90 Å². The number of carbonyl (C=O) groups excluding carboxylic acids is 3. The number of imide groups is 1. The number of hydrogen-bond donors (Lipinski definition) is 0. The Morgan fingerprint density at radius 3 is 1.71 bits per heavy atom. The zero-order valence-corrected chi connectivity index (χ0v) is 20.9. The van der Waals surface area contributed by atoms with Crippen molar-refractivity contribution in [2.24, 2.45) is 16.7 Å². The number of allylic oxidation sites excluding steroid dienone is 2. The molecule has 4 unspecified atom stereocenters. The van der Waals surface area contributed by atoms with Crippen LogP contribution in [0.3, 0.4) is 0 Å². The molecule has 6 rings (SSSR count). The lowest BCUT2D eigenvalue weighted by Crippen LogP contribution is -2.50. The van der Waals surface area contributed by atoms with E-state index in [1.807, 2.05) is 92.7 Å². The van der Waals surface area contributed by atoms with Gasteiger partial charge in [-0.3, -0.25) is 14.4 Å². The SMILES string of the molecule is CC12C(=O)C(C)(C(c3ccccc3)=C1c1ccccc1)C1(I)C(=O)N(c3ccccc3)C(=O)C21. The average Bonchev–Trinajstić information content (AvgIpc) is 3.25. The van der Waals surface area contributed by atoms with E-state index in [9.17, 15) is 14.4 Å². The van der Waals surface area contributed by atoms with Gasteiger partial charge in [-0.1, -0.05) is 101 Å². The molecule has 1 saturated carbocycles. The van der Waals surface area contributed by atoms with Crippen LogP contribution >= 0.6 is 22.6 Å². The van der Waals surface area contributed by atoms with Gasteiger partial charge >= 0.3 is 0 Å². The maximum atomic E-state index is 14.4. The van der Waals surface area contributed by atoms with Crippen LogP contribution in [0.2, 0.25) is 0 Å². The first-order valence-electron chi connectivity index (χ1n) is 11.3. The monoisotopic (exact) mass is 559 g/mol. The fourth-order valence-electron chi connectivity index (χ4n) is 6.62. The van der Waals surface area contributed by atoms with Crippen molar-refractivity contribution in [1.29, 1.82) is 0 Å². The summed E-state index contributed by atoms with van der Waals surface area (Å²) in [4.78, 5) is 43.8. The van der Waals surface area contributed by atoms with Gasteiger partial charge in [0, 0.05) is 0 Å². The lowest BCUT2D eigenvalue weighted by Gasteiger charge is -2.41. The number of ketones is 1. The van der Waals surface area contributed by atoms with Gasteiger partial charge in [-0.2, -0.15) is 0 Å². The zero-order valence-electron chi connectivity index (χ0n) is 18.8. The second kappa shape index (κ2) is 6.98. The van der Waals surface area contributed by atoms with Crippen molar-refractivity contribution in [3.05, 3.63) is 102 Å². The quantitative estimate of drug-likeness (QED) is 0.240. The molecule has 2 amide bonds. The topological polar surface area (TPSA) is 54.5 Å². The molecule has 2 fully saturated rings. The summed E-state index contributed by atoms with van der Waals surface area (Å²) in [6, 6.07) is 28.7. The summed E-state index contributed by atoms with van der Waals surface area (Å²) in [7, 11) is 0. The smallest absolute Gasteiger partial charge is 0.252 e. The van der Waals surface area contributed by atoms with Gasteiger partial charge in [-0.15, -0.1) is 0 Å². The molecule has 3 aromatic carbocycles. The Kier molecular flexibility index (Phi) is 4.41. The minimum atomic E-state index is -1.22. The number of hydrogen-bond acceptors (Lipinski definition) is 3. The van der Waals surface area contributed by atoms with Gasteiger partial charge in [0.25, 0.3) is 5.91 Å². The molecule has 0 radical (unpaired) electrons. The summed E-state index contributed by atoms with van der Waals surface area (Å²) in [6.45, 7) is 3.74. The molecule has 34 heavy (non-hydrogen) atoms. The van der Waals surface area contributed by atoms with Crippen LogP contribution in [0.5, 0.6) is 0 Å². The Hall–Kier alpha value is -3.06. The fraction of sp³-hybridized carbons (Fsp3) is 0.207.